The molecule has 2 aromatic rings. The summed E-state index contributed by atoms with van der Waals surface area (Å²) >= 11 is 0. The fraction of sp³-hybridized carbons (Fsp3) is 0.167. The molecule has 0 saturated heterocycles. The molecule has 0 aromatic carbocycles. The lowest BCUT2D eigenvalue weighted by molar-refractivity contribution is 0.599. The van der Waals surface area contributed by atoms with Gasteiger partial charge in [0, 0.05) is 6.26 Å². The molecule has 2 rings (SSSR count). The highest BCUT2D eigenvalue weighted by atomic mass is 32.2. The van der Waals surface area contributed by atoms with Gasteiger partial charge in [-0.05, 0) is 0 Å². The molecule has 2 heterocycles. The van der Waals surface area contributed by atoms with Gasteiger partial charge in [0.25, 0.3) is 0 Å². The van der Waals surface area contributed by atoms with E-state index >= 15 is 0 Å². The maximum Gasteiger partial charge on any atom is 0.223 e. The molecule has 7 nitrogen and oxygen atoms in total. The highest BCUT2D eigenvalue weighted by Crippen LogP contribution is 2.18. The number of hydrogen-bond donors (Lipinski definition) is 2. The van der Waals surface area contributed by atoms with Crippen molar-refractivity contribution >= 4 is 26.8 Å². The van der Waals surface area contributed by atoms with Crippen molar-refractivity contribution in [1.82, 2.24) is 20.2 Å². The molecule has 0 amide bonds. The van der Waals surface area contributed by atoms with E-state index in [0.717, 1.165) is 6.26 Å². The molecule has 0 bridgehead atoms. The Kier molecular flexibility index (Phi) is 1.68. The molecule has 0 spiro atoms. The number of sulfone groups is 1. The minimum Gasteiger partial charge on any atom is -0.368 e. The van der Waals surface area contributed by atoms with Crippen LogP contribution in [0.5, 0.6) is 0 Å². The maximum atomic E-state index is 11.3. The second-order valence-electron chi connectivity index (χ2n) is 2.79. The average molecular weight is 213 g/mol. The molecule has 74 valence electrons. The predicted molar refractivity (Wildman–Crippen MR) is 49.2 cm³/mol. The number of nitrogens with zero attached hydrogens (tertiary/aromatic N) is 3. The van der Waals surface area contributed by atoms with Crippen LogP contribution in [0.3, 0.4) is 0 Å². The molecular weight excluding hydrogens is 206 g/mol. The summed E-state index contributed by atoms with van der Waals surface area (Å²) in [5.41, 5.74) is 5.66. The van der Waals surface area contributed by atoms with E-state index in [1.54, 1.807) is 0 Å². The van der Waals surface area contributed by atoms with Crippen LogP contribution in [0.2, 0.25) is 0 Å². The highest BCUT2D eigenvalue weighted by molar-refractivity contribution is 7.90. The van der Waals surface area contributed by atoms with Crippen molar-refractivity contribution in [2.45, 2.75) is 5.03 Å². The Labute approximate surface area is 79.3 Å². The Balaban J connectivity index is 2.94. The first kappa shape index (κ1) is 8.88. The summed E-state index contributed by atoms with van der Waals surface area (Å²) < 4.78 is 22.6. The first-order valence-corrected chi connectivity index (χ1v) is 5.54. The first-order valence-electron chi connectivity index (χ1n) is 3.65. The molecule has 0 atom stereocenters. The minimum absolute atomic E-state index is 0.0952. The van der Waals surface area contributed by atoms with E-state index in [1.165, 1.54) is 6.20 Å². The van der Waals surface area contributed by atoms with E-state index in [4.69, 9.17) is 5.73 Å². The zero-order valence-corrected chi connectivity index (χ0v) is 8.04. The van der Waals surface area contributed by atoms with Crippen molar-refractivity contribution in [2.24, 2.45) is 0 Å². The number of fused-ring (bicyclic) bond motifs is 1. The van der Waals surface area contributed by atoms with E-state index < -0.39 is 9.84 Å². The number of anilines is 1. The van der Waals surface area contributed by atoms with Gasteiger partial charge in [-0.1, -0.05) is 0 Å². The van der Waals surface area contributed by atoms with Gasteiger partial charge in [-0.2, -0.15) is 10.1 Å². The van der Waals surface area contributed by atoms with Crippen molar-refractivity contribution in [2.75, 3.05) is 12.0 Å². The standard InChI is InChI=1S/C6H7N5O2S/c1-14(12,13)5-3-2-8-11-4(3)9-6(7)10-5/h2H,1H3,(H3,7,8,9,10,11). The third-order valence-corrected chi connectivity index (χ3v) is 2.66. The normalized spacial score (nSPS) is 12.1. The fourth-order valence-corrected chi connectivity index (χ4v) is 1.92. The average Bonchev–Trinajstić information content (AvgIpc) is 2.47. The van der Waals surface area contributed by atoms with Crippen molar-refractivity contribution in [3.8, 4) is 0 Å². The van der Waals surface area contributed by atoms with E-state index in [1.807, 2.05) is 0 Å². The third kappa shape index (κ3) is 1.29. The third-order valence-electron chi connectivity index (χ3n) is 1.64. The number of H-pyrrole nitrogens is 1. The SMILES string of the molecule is CS(=O)(=O)c1nc(N)nc2[nH]ncc12. The molecule has 0 aliphatic heterocycles. The van der Waals surface area contributed by atoms with Gasteiger partial charge in [0.05, 0.1) is 11.6 Å². The number of aromatic nitrogens is 4. The van der Waals surface area contributed by atoms with Crippen LogP contribution in [-0.2, 0) is 9.84 Å². The summed E-state index contributed by atoms with van der Waals surface area (Å²) in [6.45, 7) is 0. The van der Waals surface area contributed by atoms with Crippen molar-refractivity contribution in [1.29, 1.82) is 0 Å². The van der Waals surface area contributed by atoms with Gasteiger partial charge in [0.15, 0.2) is 20.5 Å². The first-order chi connectivity index (χ1) is 6.48. The molecule has 14 heavy (non-hydrogen) atoms. The van der Waals surface area contributed by atoms with E-state index in [-0.39, 0.29) is 11.0 Å². The van der Waals surface area contributed by atoms with Crippen molar-refractivity contribution < 1.29 is 8.42 Å². The Bertz CT molecular complexity index is 587. The van der Waals surface area contributed by atoms with Crippen LogP contribution in [0.4, 0.5) is 5.95 Å². The molecule has 0 radical (unpaired) electrons. The Hall–Kier alpha value is -1.70. The van der Waals surface area contributed by atoms with Crippen LogP contribution in [0.15, 0.2) is 11.2 Å². The molecule has 0 fully saturated rings. The van der Waals surface area contributed by atoms with Gasteiger partial charge in [0.2, 0.25) is 5.95 Å². The number of nitrogens with two attached hydrogens (primary N) is 1. The molecule has 0 unspecified atom stereocenters. The molecule has 0 aliphatic carbocycles. The van der Waals surface area contributed by atoms with Crippen molar-refractivity contribution in [3.05, 3.63) is 6.20 Å². The van der Waals surface area contributed by atoms with Crippen LogP contribution in [0.1, 0.15) is 0 Å². The fourth-order valence-electron chi connectivity index (χ4n) is 1.11. The lowest BCUT2D eigenvalue weighted by Gasteiger charge is -1.99. The van der Waals surface area contributed by atoms with Gasteiger partial charge < -0.3 is 5.73 Å². The zero-order chi connectivity index (χ0) is 10.3. The molecule has 0 saturated carbocycles. The molecule has 8 heteroatoms. The highest BCUT2D eigenvalue weighted by Gasteiger charge is 2.16. The molecular formula is C6H7N5O2S. The Morgan fingerprint density at radius 1 is 1.43 bits per heavy atom. The summed E-state index contributed by atoms with van der Waals surface area (Å²) in [6.07, 6.45) is 2.41. The van der Waals surface area contributed by atoms with Crippen LogP contribution in [-0.4, -0.2) is 34.8 Å². The lowest BCUT2D eigenvalue weighted by Crippen LogP contribution is -2.05. The zero-order valence-electron chi connectivity index (χ0n) is 7.22. The van der Waals surface area contributed by atoms with Gasteiger partial charge >= 0.3 is 0 Å². The number of nitrogens with one attached hydrogen (secondary N) is 1. The summed E-state index contributed by atoms with van der Waals surface area (Å²) in [7, 11) is -3.41. The summed E-state index contributed by atoms with van der Waals surface area (Å²) in [4.78, 5) is 7.46. The lowest BCUT2D eigenvalue weighted by atomic mass is 10.4. The second kappa shape index (κ2) is 2.64. The smallest absolute Gasteiger partial charge is 0.223 e. The Morgan fingerprint density at radius 2 is 2.14 bits per heavy atom. The second-order valence-corrected chi connectivity index (χ2v) is 4.72. The van der Waals surface area contributed by atoms with Crippen LogP contribution in [0.25, 0.3) is 11.0 Å². The van der Waals surface area contributed by atoms with Crippen molar-refractivity contribution in [3.63, 3.8) is 0 Å². The maximum absolute atomic E-state index is 11.3. The predicted octanol–water partition coefficient (Wildman–Crippen LogP) is -0.661. The van der Waals surface area contributed by atoms with Gasteiger partial charge in [-0.15, -0.1) is 0 Å². The van der Waals surface area contributed by atoms with Gasteiger partial charge in [-0.3, -0.25) is 5.10 Å². The monoisotopic (exact) mass is 213 g/mol. The van der Waals surface area contributed by atoms with Gasteiger partial charge in [-0.25, -0.2) is 13.4 Å². The topological polar surface area (TPSA) is 115 Å². The largest absolute Gasteiger partial charge is 0.368 e. The number of hydrogen-bond acceptors (Lipinski definition) is 6. The number of nitrogen functional groups attached to an aromatic ring is 1. The molecule has 3 N–H and O–H groups in total. The summed E-state index contributed by atoms with van der Waals surface area (Å²) in [5, 5.41) is 6.44. The van der Waals surface area contributed by atoms with E-state index in [2.05, 4.69) is 20.2 Å². The van der Waals surface area contributed by atoms with E-state index in [0.29, 0.717) is 11.0 Å². The van der Waals surface area contributed by atoms with Crippen LogP contribution < -0.4 is 5.73 Å². The number of aromatic amines is 1. The van der Waals surface area contributed by atoms with Crippen LogP contribution >= 0.6 is 0 Å². The van der Waals surface area contributed by atoms with Crippen LogP contribution in [0, 0.1) is 0 Å². The molecule has 2 aromatic heterocycles. The Morgan fingerprint density at radius 3 is 2.79 bits per heavy atom. The number of rotatable bonds is 1. The van der Waals surface area contributed by atoms with E-state index in [9.17, 15) is 8.42 Å². The summed E-state index contributed by atoms with van der Waals surface area (Å²) in [6, 6.07) is 0. The molecule has 0 aliphatic rings. The minimum atomic E-state index is -3.41. The quantitative estimate of drug-likeness (QED) is 0.607. The summed E-state index contributed by atoms with van der Waals surface area (Å²) in [5.74, 6) is -0.0952. The van der Waals surface area contributed by atoms with Gasteiger partial charge in [0.1, 0.15) is 0 Å².